The fraction of sp³-hybridized carbons (Fsp3) is 0.706. The van der Waals surface area contributed by atoms with Crippen molar-refractivity contribution in [3.63, 3.8) is 0 Å². The van der Waals surface area contributed by atoms with Gasteiger partial charge in [0, 0.05) is 31.9 Å². The van der Waals surface area contributed by atoms with Crippen LogP contribution in [0.2, 0.25) is 0 Å². The smallest absolute Gasteiger partial charge is 0.131 e. The molecule has 1 unspecified atom stereocenters. The number of pyridine rings is 1. The van der Waals surface area contributed by atoms with Gasteiger partial charge in [-0.3, -0.25) is 0 Å². The van der Waals surface area contributed by atoms with Gasteiger partial charge in [0.05, 0.1) is 0 Å². The minimum absolute atomic E-state index is 0.651. The topological polar surface area (TPSA) is 31.4 Å². The molecule has 1 aliphatic heterocycles. The predicted molar refractivity (Wildman–Crippen MR) is 89.8 cm³/mol. The third kappa shape index (κ3) is 4.42. The number of nitrogens with zero attached hydrogens (tertiary/aromatic N) is 3. The van der Waals surface area contributed by atoms with Crippen LogP contribution in [0.4, 0.5) is 5.82 Å². The second kappa shape index (κ2) is 7.23. The van der Waals surface area contributed by atoms with E-state index in [9.17, 15) is 0 Å². The summed E-state index contributed by atoms with van der Waals surface area (Å²) in [4.78, 5) is 9.46. The molecular weight excluding hydrogens is 260 g/mol. The molecule has 2 heterocycles. The van der Waals surface area contributed by atoms with Crippen LogP contribution >= 0.6 is 0 Å². The van der Waals surface area contributed by atoms with Gasteiger partial charge in [0.25, 0.3) is 0 Å². The Morgan fingerprint density at radius 1 is 1.43 bits per heavy atom. The molecule has 0 bridgehead atoms. The maximum Gasteiger partial charge on any atom is 0.131 e. The molecule has 1 fully saturated rings. The molecule has 0 aromatic carbocycles. The first-order valence-corrected chi connectivity index (χ1v) is 8.05. The van der Waals surface area contributed by atoms with Crippen LogP contribution in [0.1, 0.15) is 31.4 Å². The molecule has 1 N–H and O–H groups in total. The summed E-state index contributed by atoms with van der Waals surface area (Å²) >= 11 is 0. The predicted octanol–water partition coefficient (Wildman–Crippen LogP) is 2.28. The van der Waals surface area contributed by atoms with Crippen LogP contribution in [-0.2, 0) is 6.54 Å². The molecule has 1 aromatic heterocycles. The van der Waals surface area contributed by atoms with Gasteiger partial charge in [0.2, 0.25) is 0 Å². The normalized spacial score (nSPS) is 19.0. The molecule has 0 amide bonds. The molecular formula is C17H30N4. The third-order valence-corrected chi connectivity index (χ3v) is 4.18. The van der Waals surface area contributed by atoms with E-state index >= 15 is 0 Å². The second-order valence-corrected chi connectivity index (χ2v) is 6.86. The number of nitrogens with one attached hydrogen (secondary N) is 1. The van der Waals surface area contributed by atoms with Crippen LogP contribution in [-0.4, -0.2) is 49.7 Å². The second-order valence-electron chi connectivity index (χ2n) is 6.86. The fourth-order valence-electron chi connectivity index (χ4n) is 2.91. The summed E-state index contributed by atoms with van der Waals surface area (Å²) < 4.78 is 0. The van der Waals surface area contributed by atoms with E-state index in [1.165, 1.54) is 17.5 Å². The van der Waals surface area contributed by atoms with Gasteiger partial charge >= 0.3 is 0 Å². The zero-order valence-corrected chi connectivity index (χ0v) is 14.2. The van der Waals surface area contributed by atoms with Crippen molar-refractivity contribution in [1.82, 2.24) is 15.2 Å². The Labute approximate surface area is 129 Å². The van der Waals surface area contributed by atoms with E-state index in [4.69, 9.17) is 4.98 Å². The van der Waals surface area contributed by atoms with Gasteiger partial charge in [0.1, 0.15) is 5.82 Å². The van der Waals surface area contributed by atoms with E-state index in [0.29, 0.717) is 12.0 Å². The van der Waals surface area contributed by atoms with Crippen LogP contribution in [0.15, 0.2) is 12.3 Å². The van der Waals surface area contributed by atoms with Crippen molar-refractivity contribution in [3.05, 3.63) is 23.4 Å². The average Bonchev–Trinajstić information content (AvgIpc) is 2.88. The highest BCUT2D eigenvalue weighted by molar-refractivity contribution is 5.48. The molecule has 21 heavy (non-hydrogen) atoms. The van der Waals surface area contributed by atoms with Crippen molar-refractivity contribution in [1.29, 1.82) is 0 Å². The van der Waals surface area contributed by atoms with Gasteiger partial charge in [-0.15, -0.1) is 0 Å². The summed E-state index contributed by atoms with van der Waals surface area (Å²) in [6.07, 6.45) is 3.25. The van der Waals surface area contributed by atoms with Crippen molar-refractivity contribution in [3.8, 4) is 0 Å². The number of rotatable bonds is 6. The average molecular weight is 290 g/mol. The Kier molecular flexibility index (Phi) is 5.59. The zero-order chi connectivity index (χ0) is 15.4. The lowest BCUT2D eigenvalue weighted by molar-refractivity contribution is 0.315. The molecule has 1 aromatic rings. The monoisotopic (exact) mass is 290 g/mol. The summed E-state index contributed by atoms with van der Waals surface area (Å²) in [7, 11) is 4.33. The molecule has 1 atom stereocenters. The number of hydrogen-bond donors (Lipinski definition) is 1. The summed E-state index contributed by atoms with van der Waals surface area (Å²) in [5.74, 6) is 1.85. The number of hydrogen-bond acceptors (Lipinski definition) is 4. The molecule has 1 aliphatic rings. The van der Waals surface area contributed by atoms with Gasteiger partial charge in [-0.1, -0.05) is 13.8 Å². The SMILES string of the molecule is Cc1cc(CNCC(C)C)cnc1N1CCC(N(C)C)C1. The van der Waals surface area contributed by atoms with Gasteiger partial charge in [0.15, 0.2) is 0 Å². The van der Waals surface area contributed by atoms with E-state index in [2.05, 4.69) is 56.0 Å². The molecule has 4 heteroatoms. The molecule has 0 spiro atoms. The van der Waals surface area contributed by atoms with Crippen LogP contribution < -0.4 is 10.2 Å². The van der Waals surface area contributed by atoms with Crippen molar-refractivity contribution in [2.45, 2.75) is 39.8 Å². The fourth-order valence-corrected chi connectivity index (χ4v) is 2.91. The highest BCUT2D eigenvalue weighted by atomic mass is 15.3. The largest absolute Gasteiger partial charge is 0.355 e. The summed E-state index contributed by atoms with van der Waals surface area (Å²) in [6.45, 7) is 10.8. The Hall–Kier alpha value is -1.13. The van der Waals surface area contributed by atoms with Gasteiger partial charge < -0.3 is 15.1 Å². The highest BCUT2D eigenvalue weighted by Gasteiger charge is 2.25. The quantitative estimate of drug-likeness (QED) is 0.871. The van der Waals surface area contributed by atoms with E-state index in [0.717, 1.165) is 32.0 Å². The standard InChI is InChI=1S/C17H30N4/c1-13(2)9-18-10-15-8-14(3)17(19-11-15)21-7-6-16(12-21)20(4)5/h8,11,13,16,18H,6-7,9-10,12H2,1-5H3. The van der Waals surface area contributed by atoms with Crippen LogP contribution in [0.3, 0.4) is 0 Å². The molecule has 0 saturated carbocycles. The maximum absolute atomic E-state index is 4.72. The lowest BCUT2D eigenvalue weighted by atomic mass is 10.2. The molecule has 118 valence electrons. The Morgan fingerprint density at radius 3 is 2.76 bits per heavy atom. The molecule has 4 nitrogen and oxygen atoms in total. The third-order valence-electron chi connectivity index (χ3n) is 4.18. The van der Waals surface area contributed by atoms with E-state index < -0.39 is 0 Å². The zero-order valence-electron chi connectivity index (χ0n) is 14.2. The minimum Gasteiger partial charge on any atom is -0.355 e. The van der Waals surface area contributed by atoms with Crippen LogP contribution in [0.25, 0.3) is 0 Å². The van der Waals surface area contributed by atoms with E-state index in [1.807, 2.05) is 6.20 Å². The number of anilines is 1. The first-order valence-electron chi connectivity index (χ1n) is 8.05. The van der Waals surface area contributed by atoms with Crippen molar-refractivity contribution in [2.75, 3.05) is 38.6 Å². The van der Waals surface area contributed by atoms with E-state index in [-0.39, 0.29) is 0 Å². The van der Waals surface area contributed by atoms with Gasteiger partial charge in [-0.2, -0.15) is 0 Å². The molecule has 1 saturated heterocycles. The Morgan fingerprint density at radius 2 is 2.19 bits per heavy atom. The lowest BCUT2D eigenvalue weighted by Gasteiger charge is -2.22. The van der Waals surface area contributed by atoms with Crippen molar-refractivity contribution in [2.24, 2.45) is 5.92 Å². The summed E-state index contributed by atoms with van der Waals surface area (Å²) in [5.41, 5.74) is 2.57. The minimum atomic E-state index is 0.651. The lowest BCUT2D eigenvalue weighted by Crippen LogP contribution is -2.32. The first-order chi connectivity index (χ1) is 9.97. The first kappa shape index (κ1) is 16.2. The highest BCUT2D eigenvalue weighted by Crippen LogP contribution is 2.23. The number of likely N-dealkylation sites (N-methyl/N-ethyl adjacent to an activating group) is 1. The number of aryl methyl sites for hydroxylation is 1. The van der Waals surface area contributed by atoms with Crippen molar-refractivity contribution >= 4 is 5.82 Å². The maximum atomic E-state index is 4.72. The summed E-state index contributed by atoms with van der Waals surface area (Å²) in [5, 5.41) is 3.48. The van der Waals surface area contributed by atoms with Crippen LogP contribution in [0, 0.1) is 12.8 Å². The summed E-state index contributed by atoms with van der Waals surface area (Å²) in [6, 6.07) is 2.93. The van der Waals surface area contributed by atoms with E-state index in [1.54, 1.807) is 0 Å². The molecule has 2 rings (SSSR count). The Bertz CT molecular complexity index is 456. The van der Waals surface area contributed by atoms with Gasteiger partial charge in [-0.25, -0.2) is 4.98 Å². The Balaban J connectivity index is 1.96. The molecule has 0 radical (unpaired) electrons. The van der Waals surface area contributed by atoms with Gasteiger partial charge in [-0.05, 0) is 57.1 Å². The van der Waals surface area contributed by atoms with Crippen LogP contribution in [0.5, 0.6) is 0 Å². The van der Waals surface area contributed by atoms with Crippen molar-refractivity contribution < 1.29 is 0 Å². The molecule has 0 aliphatic carbocycles. The number of aromatic nitrogens is 1.